The number of benzene rings is 2. The van der Waals surface area contributed by atoms with E-state index in [1.165, 1.54) is 56.8 Å². The average molecular weight is 480 g/mol. The Kier molecular flexibility index (Phi) is 7.04. The average Bonchev–Trinajstić information content (AvgIpc) is 2.73. The largest absolute Gasteiger partial charge is 0.437 e. The van der Waals surface area contributed by atoms with Crippen LogP contribution in [0.5, 0.6) is 11.6 Å². The van der Waals surface area contributed by atoms with Gasteiger partial charge >= 0.3 is 6.18 Å². The number of para-hydroxylation sites is 1. The van der Waals surface area contributed by atoms with E-state index in [1.807, 2.05) is 0 Å². The molecule has 1 aromatic heterocycles. The molecule has 0 fully saturated rings. The maximum Gasteiger partial charge on any atom is 0.423 e. The van der Waals surface area contributed by atoms with E-state index in [9.17, 15) is 22.5 Å². The molecular formula is C21H20F3N4O4P. The molecule has 0 aliphatic carbocycles. The highest BCUT2D eigenvalue weighted by Gasteiger charge is 2.37. The molecule has 8 nitrogen and oxygen atoms in total. The van der Waals surface area contributed by atoms with Crippen LogP contribution in [0.2, 0.25) is 0 Å². The predicted octanol–water partition coefficient (Wildman–Crippen LogP) is 4.57. The fourth-order valence-electron chi connectivity index (χ4n) is 2.78. The second-order valence-corrected chi connectivity index (χ2v) is 10.4. The van der Waals surface area contributed by atoms with Crippen molar-refractivity contribution in [2.75, 3.05) is 25.8 Å². The van der Waals surface area contributed by atoms with Crippen LogP contribution < -0.4 is 20.8 Å². The van der Waals surface area contributed by atoms with Gasteiger partial charge in [-0.25, -0.2) is 10.5 Å². The van der Waals surface area contributed by atoms with Gasteiger partial charge in [0.15, 0.2) is 0 Å². The van der Waals surface area contributed by atoms with Crippen molar-refractivity contribution in [2.24, 2.45) is 0 Å². The molecule has 0 aliphatic heterocycles. The number of aromatic nitrogens is 2. The summed E-state index contributed by atoms with van der Waals surface area (Å²) in [6.45, 7) is 2.98. The minimum absolute atomic E-state index is 0.00879. The Labute approximate surface area is 187 Å². The van der Waals surface area contributed by atoms with Crippen LogP contribution >= 0.6 is 7.14 Å². The molecule has 0 radical (unpaired) electrons. The van der Waals surface area contributed by atoms with Gasteiger partial charge in [-0.1, -0.05) is 12.1 Å². The number of alkyl halides is 3. The standard InChI is InChI=1S/C21H20F3N4O4P/c1-31-28-18(29)13-8-10-14(11-9-13)26-20-25-12-15(21(22,23)24)19(27-20)32-16-6-4-5-7-17(16)33(2,3)30/h4-12H,1-3H3,(H,28,29)(H,25,26,27). The number of hydrogen-bond donors (Lipinski definition) is 2. The summed E-state index contributed by atoms with van der Waals surface area (Å²) in [7, 11) is -1.54. The van der Waals surface area contributed by atoms with Crippen molar-refractivity contribution in [1.29, 1.82) is 0 Å². The lowest BCUT2D eigenvalue weighted by atomic mass is 10.2. The third kappa shape index (κ3) is 6.09. The highest BCUT2D eigenvalue weighted by Crippen LogP contribution is 2.41. The topological polar surface area (TPSA) is 102 Å². The van der Waals surface area contributed by atoms with Crippen molar-refractivity contribution < 1.29 is 32.1 Å². The molecule has 1 heterocycles. The van der Waals surface area contributed by atoms with Gasteiger partial charge < -0.3 is 14.6 Å². The van der Waals surface area contributed by atoms with Crippen molar-refractivity contribution in [1.82, 2.24) is 15.4 Å². The summed E-state index contributed by atoms with van der Waals surface area (Å²) in [5.74, 6) is -1.36. The number of anilines is 2. The first kappa shape index (κ1) is 24.2. The number of halogens is 3. The highest BCUT2D eigenvalue weighted by atomic mass is 31.2. The van der Waals surface area contributed by atoms with E-state index < -0.39 is 30.7 Å². The Morgan fingerprint density at radius 2 is 1.73 bits per heavy atom. The lowest BCUT2D eigenvalue weighted by Gasteiger charge is -2.17. The predicted molar refractivity (Wildman–Crippen MR) is 117 cm³/mol. The van der Waals surface area contributed by atoms with Crippen LogP contribution in [0.3, 0.4) is 0 Å². The Hall–Kier alpha value is -3.43. The van der Waals surface area contributed by atoms with E-state index in [1.54, 1.807) is 12.1 Å². The van der Waals surface area contributed by atoms with E-state index in [4.69, 9.17) is 4.74 Å². The molecule has 1 amide bonds. The Morgan fingerprint density at radius 1 is 1.06 bits per heavy atom. The van der Waals surface area contributed by atoms with Crippen molar-refractivity contribution in [3.63, 3.8) is 0 Å². The molecule has 0 aliphatic rings. The minimum Gasteiger partial charge on any atom is -0.437 e. The number of carbonyl (C=O) groups is 1. The zero-order valence-corrected chi connectivity index (χ0v) is 18.7. The summed E-state index contributed by atoms with van der Waals surface area (Å²) in [5, 5.41) is 3.05. The minimum atomic E-state index is -4.78. The van der Waals surface area contributed by atoms with Gasteiger partial charge in [0, 0.05) is 17.4 Å². The smallest absolute Gasteiger partial charge is 0.423 e. The number of amides is 1. The van der Waals surface area contributed by atoms with Crippen LogP contribution in [0.4, 0.5) is 24.8 Å². The molecule has 0 spiro atoms. The van der Waals surface area contributed by atoms with Gasteiger partial charge in [-0.05, 0) is 49.7 Å². The van der Waals surface area contributed by atoms with Crippen LogP contribution in [0.15, 0.2) is 54.7 Å². The zero-order valence-electron chi connectivity index (χ0n) is 17.8. The van der Waals surface area contributed by atoms with E-state index in [0.717, 1.165) is 0 Å². The summed E-state index contributed by atoms with van der Waals surface area (Å²) in [6.07, 6.45) is -4.17. The molecule has 0 unspecified atom stereocenters. The maximum atomic E-state index is 13.5. The van der Waals surface area contributed by atoms with Gasteiger partial charge in [0.05, 0.1) is 12.4 Å². The number of nitrogens with one attached hydrogen (secondary N) is 2. The molecule has 174 valence electrons. The molecule has 2 N–H and O–H groups in total. The molecular weight excluding hydrogens is 460 g/mol. The SMILES string of the molecule is CONC(=O)c1ccc(Nc2ncc(C(F)(F)F)c(Oc3ccccc3P(C)(C)=O)n2)cc1. The third-order valence-corrected chi connectivity index (χ3v) is 5.84. The van der Waals surface area contributed by atoms with Crippen molar-refractivity contribution in [3.05, 3.63) is 65.9 Å². The molecule has 3 rings (SSSR count). The highest BCUT2D eigenvalue weighted by molar-refractivity contribution is 7.70. The Bertz CT molecular complexity index is 1200. The molecule has 12 heteroatoms. The van der Waals surface area contributed by atoms with Gasteiger partial charge in [-0.2, -0.15) is 18.2 Å². The molecule has 0 saturated carbocycles. The Balaban J connectivity index is 1.93. The van der Waals surface area contributed by atoms with Gasteiger partial charge in [0.25, 0.3) is 5.91 Å². The fourth-order valence-corrected chi connectivity index (χ4v) is 3.87. The van der Waals surface area contributed by atoms with Crippen LogP contribution in [0, 0.1) is 0 Å². The first-order chi connectivity index (χ1) is 15.5. The summed E-state index contributed by atoms with van der Waals surface area (Å²) >= 11 is 0. The molecule has 0 atom stereocenters. The summed E-state index contributed by atoms with van der Waals surface area (Å²) in [6, 6.07) is 12.1. The van der Waals surface area contributed by atoms with E-state index in [-0.39, 0.29) is 17.0 Å². The number of carbonyl (C=O) groups excluding carboxylic acids is 1. The van der Waals surface area contributed by atoms with Gasteiger partial charge in [0.1, 0.15) is 18.5 Å². The van der Waals surface area contributed by atoms with E-state index >= 15 is 0 Å². The molecule has 2 aromatic carbocycles. The third-order valence-electron chi connectivity index (χ3n) is 4.31. The lowest BCUT2D eigenvalue weighted by Crippen LogP contribution is -2.21. The Morgan fingerprint density at radius 3 is 2.33 bits per heavy atom. The van der Waals surface area contributed by atoms with Crippen LogP contribution in [-0.2, 0) is 15.6 Å². The summed E-state index contributed by atoms with van der Waals surface area (Å²) < 4.78 is 58.7. The number of rotatable bonds is 7. The van der Waals surface area contributed by atoms with Crippen LogP contribution in [0.25, 0.3) is 0 Å². The maximum absolute atomic E-state index is 13.5. The fraction of sp³-hybridized carbons (Fsp3) is 0.190. The van der Waals surface area contributed by atoms with E-state index in [0.29, 0.717) is 17.4 Å². The van der Waals surface area contributed by atoms with Crippen LogP contribution in [-0.4, -0.2) is 36.3 Å². The lowest BCUT2D eigenvalue weighted by molar-refractivity contribution is -0.139. The van der Waals surface area contributed by atoms with Crippen molar-refractivity contribution >= 4 is 30.0 Å². The summed E-state index contributed by atoms with van der Waals surface area (Å²) in [4.78, 5) is 23.9. The van der Waals surface area contributed by atoms with E-state index in [2.05, 4.69) is 25.6 Å². The van der Waals surface area contributed by atoms with Crippen molar-refractivity contribution in [2.45, 2.75) is 6.18 Å². The second kappa shape index (κ2) is 9.60. The number of hydrogen-bond acceptors (Lipinski definition) is 7. The number of hydroxylamine groups is 1. The molecule has 0 bridgehead atoms. The molecule has 3 aromatic rings. The van der Waals surface area contributed by atoms with Crippen LogP contribution in [0.1, 0.15) is 15.9 Å². The molecule has 0 saturated heterocycles. The number of nitrogens with zero attached hydrogens (tertiary/aromatic N) is 2. The normalized spacial score (nSPS) is 11.7. The van der Waals surface area contributed by atoms with Crippen molar-refractivity contribution in [3.8, 4) is 11.6 Å². The van der Waals surface area contributed by atoms with Gasteiger partial charge in [-0.15, -0.1) is 0 Å². The molecule has 33 heavy (non-hydrogen) atoms. The number of ether oxygens (including phenoxy) is 1. The summed E-state index contributed by atoms with van der Waals surface area (Å²) in [5.41, 5.74) is 1.71. The van der Waals surface area contributed by atoms with Gasteiger partial charge in [0.2, 0.25) is 11.8 Å². The zero-order chi connectivity index (χ0) is 24.2. The second-order valence-electron chi connectivity index (χ2n) is 7.17. The monoisotopic (exact) mass is 480 g/mol. The first-order valence-electron chi connectivity index (χ1n) is 9.46. The first-order valence-corrected chi connectivity index (χ1v) is 12.1. The quantitative estimate of drug-likeness (QED) is 0.377. The van der Waals surface area contributed by atoms with Gasteiger partial charge in [-0.3, -0.25) is 9.63 Å².